The summed E-state index contributed by atoms with van der Waals surface area (Å²) in [5.74, 6) is -1.26. The van der Waals surface area contributed by atoms with E-state index in [1.54, 1.807) is 25.1 Å². The third-order valence-electron chi connectivity index (χ3n) is 3.26. The first-order valence-corrected chi connectivity index (χ1v) is 10.9. The van der Waals surface area contributed by atoms with Crippen LogP contribution in [0.25, 0.3) is 0 Å². The van der Waals surface area contributed by atoms with E-state index >= 15 is 0 Å². The molecule has 0 unspecified atom stereocenters. The monoisotopic (exact) mass is 412 g/mol. The summed E-state index contributed by atoms with van der Waals surface area (Å²) in [5, 5.41) is 4.71. The largest absolute Gasteiger partial charge is 0.351 e. The van der Waals surface area contributed by atoms with E-state index in [9.17, 15) is 21.6 Å². The minimum atomic E-state index is -4.25. The Morgan fingerprint density at radius 2 is 1.77 bits per heavy atom. The molecular formula is C15H12N2O6S3. The normalized spacial score (nSPS) is 12.0. The van der Waals surface area contributed by atoms with Gasteiger partial charge in [-0.1, -0.05) is 23.4 Å². The lowest BCUT2D eigenvalue weighted by Gasteiger charge is -2.02. The zero-order valence-corrected chi connectivity index (χ0v) is 15.7. The first kappa shape index (κ1) is 18.3. The van der Waals surface area contributed by atoms with Crippen molar-refractivity contribution in [3.8, 4) is 0 Å². The fourth-order valence-electron chi connectivity index (χ4n) is 2.01. The molecule has 11 heteroatoms. The second-order valence-electron chi connectivity index (χ2n) is 5.19. The minimum absolute atomic E-state index is 0.0444. The van der Waals surface area contributed by atoms with Crippen LogP contribution in [-0.2, 0) is 19.9 Å². The number of benzene rings is 1. The molecule has 2 heterocycles. The van der Waals surface area contributed by atoms with Gasteiger partial charge in [0, 0.05) is 11.4 Å². The highest BCUT2D eigenvalue weighted by atomic mass is 32.2. The van der Waals surface area contributed by atoms with E-state index in [1.807, 2.05) is 4.72 Å². The van der Waals surface area contributed by atoms with E-state index in [1.165, 1.54) is 23.6 Å². The summed E-state index contributed by atoms with van der Waals surface area (Å²) in [6.45, 7) is 1.58. The van der Waals surface area contributed by atoms with Gasteiger partial charge in [-0.2, -0.15) is 0 Å². The Morgan fingerprint density at radius 3 is 2.38 bits per heavy atom. The first-order chi connectivity index (χ1) is 12.2. The van der Waals surface area contributed by atoms with Crippen molar-refractivity contribution in [1.29, 1.82) is 0 Å². The number of hydrogen-bond acceptors (Lipinski definition) is 8. The van der Waals surface area contributed by atoms with Gasteiger partial charge in [0.15, 0.2) is 0 Å². The number of rotatable bonds is 5. The zero-order valence-electron chi connectivity index (χ0n) is 13.2. The van der Waals surface area contributed by atoms with E-state index in [0.29, 0.717) is 17.0 Å². The highest BCUT2D eigenvalue weighted by molar-refractivity contribution is 7.93. The second kappa shape index (κ2) is 6.67. The number of hydrogen-bond donors (Lipinski definition) is 1. The van der Waals surface area contributed by atoms with E-state index < -0.39 is 25.8 Å². The molecule has 0 aliphatic heterocycles. The minimum Gasteiger partial charge on any atom is -0.351 e. The molecule has 0 aliphatic rings. The maximum atomic E-state index is 12.5. The maximum absolute atomic E-state index is 12.5. The molecule has 0 fully saturated rings. The van der Waals surface area contributed by atoms with Crippen molar-refractivity contribution in [3.05, 3.63) is 59.3 Å². The van der Waals surface area contributed by atoms with Crippen LogP contribution in [0.4, 0.5) is 0 Å². The Labute approximate surface area is 153 Å². The van der Waals surface area contributed by atoms with Crippen molar-refractivity contribution in [2.75, 3.05) is 0 Å². The molecule has 8 nitrogen and oxygen atoms in total. The number of nitrogens with one attached hydrogen (secondary N) is 1. The van der Waals surface area contributed by atoms with Gasteiger partial charge in [0.2, 0.25) is 15.6 Å². The number of sulfone groups is 1. The van der Waals surface area contributed by atoms with Crippen LogP contribution in [0.1, 0.15) is 16.2 Å². The summed E-state index contributed by atoms with van der Waals surface area (Å²) in [5.41, 5.74) is 0.417. The Morgan fingerprint density at radius 1 is 1.08 bits per heavy atom. The first-order valence-electron chi connectivity index (χ1n) is 7.09. The quantitative estimate of drug-likeness (QED) is 0.680. The number of carbonyl (C=O) groups is 1. The number of thiophene rings is 1. The summed E-state index contributed by atoms with van der Waals surface area (Å²) in [4.78, 5) is 11.8. The maximum Gasteiger partial charge on any atom is 0.303 e. The van der Waals surface area contributed by atoms with Crippen molar-refractivity contribution in [2.45, 2.75) is 20.9 Å². The average molecular weight is 412 g/mol. The molecule has 0 radical (unpaired) electrons. The van der Waals surface area contributed by atoms with Gasteiger partial charge in [-0.3, -0.25) is 4.79 Å². The average Bonchev–Trinajstić information content (AvgIpc) is 3.25. The van der Waals surface area contributed by atoms with Crippen molar-refractivity contribution >= 4 is 37.1 Å². The molecule has 2 aromatic heterocycles. The van der Waals surface area contributed by atoms with Crippen molar-refractivity contribution < 1.29 is 26.2 Å². The molecule has 0 saturated carbocycles. The summed E-state index contributed by atoms with van der Waals surface area (Å²) >= 11 is 0.692. The molecule has 136 valence electrons. The fraction of sp³-hybridized carbons (Fsp3) is 0.0667. The molecule has 1 amide bonds. The second-order valence-corrected chi connectivity index (χ2v) is 9.96. The molecule has 1 aromatic carbocycles. The number of aromatic nitrogens is 1. The van der Waals surface area contributed by atoms with Crippen LogP contribution < -0.4 is 4.72 Å². The molecule has 1 N–H and O–H groups in total. The lowest BCUT2D eigenvalue weighted by molar-refractivity contribution is 0.0945. The van der Waals surface area contributed by atoms with Gasteiger partial charge in [0.1, 0.15) is 4.21 Å². The van der Waals surface area contributed by atoms with Gasteiger partial charge < -0.3 is 4.52 Å². The lowest BCUT2D eigenvalue weighted by atomic mass is 10.4. The van der Waals surface area contributed by atoms with Gasteiger partial charge in [0.05, 0.1) is 15.5 Å². The van der Waals surface area contributed by atoms with E-state index in [4.69, 9.17) is 4.52 Å². The van der Waals surface area contributed by atoms with Crippen LogP contribution in [0.15, 0.2) is 66.4 Å². The predicted octanol–water partition coefficient (Wildman–Crippen LogP) is 2.00. The zero-order chi connectivity index (χ0) is 18.9. The molecule has 0 bridgehead atoms. The third-order valence-corrected chi connectivity index (χ3v) is 7.93. The Kier molecular flexibility index (Phi) is 4.69. The summed E-state index contributed by atoms with van der Waals surface area (Å²) in [6, 6.07) is 9.92. The van der Waals surface area contributed by atoms with Gasteiger partial charge in [0.25, 0.3) is 10.0 Å². The number of carbonyl (C=O) groups excluding carboxylic acids is 1. The Hall–Kier alpha value is -2.50. The van der Waals surface area contributed by atoms with Gasteiger partial charge in [-0.05, 0) is 25.1 Å². The summed E-state index contributed by atoms with van der Waals surface area (Å²) in [7, 11) is -8.10. The molecule has 0 atom stereocenters. The van der Waals surface area contributed by atoms with Crippen molar-refractivity contribution in [1.82, 2.24) is 9.88 Å². The summed E-state index contributed by atoms with van der Waals surface area (Å²) in [6.07, 6.45) is 0. The van der Waals surface area contributed by atoms with Crippen LogP contribution in [0.5, 0.6) is 0 Å². The molecule has 3 rings (SSSR count). The standard InChI is InChI=1S/C15H12N2O6S3/c1-10-7-13(23-16-10)15(18)17-26(21,22)14-8-12(9-24-14)25(19,20)11-5-3-2-4-6-11/h2-9H,1H3,(H,17,18). The highest BCUT2D eigenvalue weighted by Crippen LogP contribution is 2.28. The molecule has 3 aromatic rings. The molecule has 26 heavy (non-hydrogen) atoms. The SMILES string of the molecule is Cc1cc(C(=O)NS(=O)(=O)c2cc(S(=O)(=O)c3ccccc3)cs2)on1. The third kappa shape index (κ3) is 3.54. The van der Waals surface area contributed by atoms with E-state index in [-0.39, 0.29) is 19.8 Å². The number of sulfonamides is 1. The van der Waals surface area contributed by atoms with Crippen LogP contribution in [0.2, 0.25) is 0 Å². The van der Waals surface area contributed by atoms with Gasteiger partial charge >= 0.3 is 5.91 Å². The number of nitrogens with zero attached hydrogens (tertiary/aromatic N) is 1. The molecule has 0 saturated heterocycles. The van der Waals surface area contributed by atoms with E-state index in [0.717, 1.165) is 6.07 Å². The highest BCUT2D eigenvalue weighted by Gasteiger charge is 2.26. The summed E-state index contributed by atoms with van der Waals surface area (Å²) < 4.78 is 55.9. The van der Waals surface area contributed by atoms with Crippen molar-refractivity contribution in [2.24, 2.45) is 0 Å². The number of amides is 1. The number of aryl methyl sites for hydroxylation is 1. The molecular weight excluding hydrogens is 400 g/mol. The Balaban J connectivity index is 1.88. The van der Waals surface area contributed by atoms with Gasteiger partial charge in [-0.25, -0.2) is 21.6 Å². The smallest absolute Gasteiger partial charge is 0.303 e. The molecule has 0 aliphatic carbocycles. The van der Waals surface area contributed by atoms with Crippen LogP contribution in [0.3, 0.4) is 0 Å². The Bertz CT molecular complexity index is 1160. The van der Waals surface area contributed by atoms with Crippen LogP contribution in [0, 0.1) is 6.92 Å². The lowest BCUT2D eigenvalue weighted by Crippen LogP contribution is -2.29. The molecule has 0 spiro atoms. The van der Waals surface area contributed by atoms with Gasteiger partial charge in [-0.15, -0.1) is 11.3 Å². The fourth-order valence-corrected chi connectivity index (χ4v) is 5.87. The predicted molar refractivity (Wildman–Crippen MR) is 92.1 cm³/mol. The van der Waals surface area contributed by atoms with Crippen molar-refractivity contribution in [3.63, 3.8) is 0 Å². The topological polar surface area (TPSA) is 123 Å². The van der Waals surface area contributed by atoms with E-state index in [2.05, 4.69) is 5.16 Å². The van der Waals surface area contributed by atoms with Crippen LogP contribution in [-0.4, -0.2) is 27.9 Å². The van der Waals surface area contributed by atoms with Crippen LogP contribution >= 0.6 is 11.3 Å².